The zero-order chi connectivity index (χ0) is 16.1. The van der Waals surface area contributed by atoms with Gasteiger partial charge in [-0.15, -0.1) is 0 Å². The minimum absolute atomic E-state index is 0.0959. The number of carbonyl (C=O) groups is 1. The topological polar surface area (TPSA) is 44.4 Å². The van der Waals surface area contributed by atoms with Gasteiger partial charge in [-0.3, -0.25) is 0 Å². The molecule has 1 unspecified atom stereocenters. The van der Waals surface area contributed by atoms with E-state index in [0.29, 0.717) is 0 Å². The molecule has 0 radical (unpaired) electrons. The first-order valence-electron chi connectivity index (χ1n) is 7.76. The first-order chi connectivity index (χ1) is 10.5. The van der Waals surface area contributed by atoms with Crippen LogP contribution in [0.1, 0.15) is 37.8 Å². The number of nitrogens with one attached hydrogen (secondary N) is 2. The van der Waals surface area contributed by atoms with Crippen molar-refractivity contribution in [2.24, 2.45) is 0 Å². The predicted molar refractivity (Wildman–Crippen MR) is 95.0 cm³/mol. The summed E-state index contributed by atoms with van der Waals surface area (Å²) in [5.41, 5.74) is 4.67. The number of para-hydroxylation sites is 1. The Morgan fingerprint density at radius 1 is 1.27 bits per heavy atom. The van der Waals surface area contributed by atoms with Crippen molar-refractivity contribution < 1.29 is 4.79 Å². The number of rotatable bonds is 5. The zero-order valence-corrected chi connectivity index (χ0v) is 14.6. The summed E-state index contributed by atoms with van der Waals surface area (Å²) in [6.45, 7) is 9.13. The van der Waals surface area contributed by atoms with Crippen molar-refractivity contribution in [3.05, 3.63) is 40.4 Å². The fraction of sp³-hybridized carbons (Fsp3) is 0.471. The Labute approximate surface area is 137 Å². The highest BCUT2D eigenvalue weighted by atomic mass is 32.2. The molecule has 0 saturated carbocycles. The molecule has 5 heteroatoms. The van der Waals surface area contributed by atoms with Gasteiger partial charge in [-0.05, 0) is 43.7 Å². The van der Waals surface area contributed by atoms with E-state index < -0.39 is 0 Å². The number of amides is 2. The highest BCUT2D eigenvalue weighted by Crippen LogP contribution is 2.37. The lowest BCUT2D eigenvalue weighted by Gasteiger charge is -2.31. The van der Waals surface area contributed by atoms with Gasteiger partial charge in [0.1, 0.15) is 0 Å². The first kappa shape index (κ1) is 16.7. The van der Waals surface area contributed by atoms with Crippen LogP contribution in [0.3, 0.4) is 0 Å². The monoisotopic (exact) mass is 319 g/mol. The van der Waals surface area contributed by atoms with Gasteiger partial charge in [-0.2, -0.15) is 0 Å². The summed E-state index contributed by atoms with van der Waals surface area (Å²) in [5.74, 6) is 0. The van der Waals surface area contributed by atoms with Crippen LogP contribution in [0.2, 0.25) is 0 Å². The van der Waals surface area contributed by atoms with Crippen molar-refractivity contribution in [2.45, 2.75) is 46.0 Å². The third-order valence-electron chi connectivity index (χ3n) is 3.73. The fourth-order valence-electron chi connectivity index (χ4n) is 2.59. The molecule has 1 aromatic carbocycles. The quantitative estimate of drug-likeness (QED) is 0.803. The number of thioether (sulfide) groups is 1. The van der Waals surface area contributed by atoms with Crippen LogP contribution in [0.5, 0.6) is 0 Å². The lowest BCUT2D eigenvalue weighted by molar-refractivity contribution is 0.240. The van der Waals surface area contributed by atoms with Crippen molar-refractivity contribution in [2.75, 3.05) is 11.4 Å². The maximum absolute atomic E-state index is 12.0. The lowest BCUT2D eigenvalue weighted by atomic mass is 10.1. The van der Waals surface area contributed by atoms with Crippen LogP contribution in [0.25, 0.3) is 0 Å². The third-order valence-corrected chi connectivity index (χ3v) is 4.80. The number of hydrogen-bond acceptors (Lipinski definition) is 3. The molecule has 4 nitrogen and oxygen atoms in total. The molecule has 0 fully saturated rings. The van der Waals surface area contributed by atoms with E-state index >= 15 is 0 Å². The van der Waals surface area contributed by atoms with E-state index in [1.165, 1.54) is 16.8 Å². The van der Waals surface area contributed by atoms with Gasteiger partial charge in [0.25, 0.3) is 0 Å². The summed E-state index contributed by atoms with van der Waals surface area (Å²) in [6, 6.07) is 6.18. The average molecular weight is 319 g/mol. The molecule has 1 aliphatic heterocycles. The number of aryl methyl sites for hydroxylation is 2. The molecule has 2 rings (SSSR count). The smallest absolute Gasteiger partial charge is 0.317 e. The molecule has 0 bridgehead atoms. The van der Waals surface area contributed by atoms with E-state index in [2.05, 4.69) is 66.8 Å². The van der Waals surface area contributed by atoms with Gasteiger partial charge in [0.15, 0.2) is 5.50 Å². The maximum Gasteiger partial charge on any atom is 0.317 e. The molecule has 1 aliphatic rings. The van der Waals surface area contributed by atoms with E-state index in [-0.39, 0.29) is 11.5 Å². The van der Waals surface area contributed by atoms with Gasteiger partial charge >= 0.3 is 6.03 Å². The number of nitrogens with zero attached hydrogens (tertiary/aromatic N) is 1. The summed E-state index contributed by atoms with van der Waals surface area (Å²) in [4.78, 5) is 14.2. The lowest BCUT2D eigenvalue weighted by Crippen LogP contribution is -2.47. The molecule has 1 heterocycles. The van der Waals surface area contributed by atoms with Crippen LogP contribution in [0, 0.1) is 13.8 Å². The molecule has 1 atom stereocenters. The molecule has 0 aromatic heterocycles. The van der Waals surface area contributed by atoms with Crippen LogP contribution >= 0.6 is 11.8 Å². The second-order valence-corrected chi connectivity index (χ2v) is 6.57. The third kappa shape index (κ3) is 3.77. The first-order valence-corrected chi connectivity index (χ1v) is 8.71. The minimum Gasteiger partial charge on any atom is -0.338 e. The van der Waals surface area contributed by atoms with E-state index in [4.69, 9.17) is 0 Å². The molecule has 0 saturated heterocycles. The van der Waals surface area contributed by atoms with Crippen LogP contribution in [-0.2, 0) is 0 Å². The second kappa shape index (κ2) is 7.58. The maximum atomic E-state index is 12.0. The Kier molecular flexibility index (Phi) is 5.77. The van der Waals surface area contributed by atoms with Crippen LogP contribution in [-0.4, -0.2) is 18.1 Å². The van der Waals surface area contributed by atoms with Crippen molar-refractivity contribution >= 4 is 23.5 Å². The van der Waals surface area contributed by atoms with Crippen LogP contribution in [0.15, 0.2) is 29.3 Å². The number of carbonyl (C=O) groups excluding carboxylic acids is 1. The molecule has 1 aromatic rings. The highest BCUT2D eigenvalue weighted by Gasteiger charge is 2.29. The number of anilines is 1. The zero-order valence-electron chi connectivity index (χ0n) is 13.8. The Hall–Kier alpha value is -1.62. The summed E-state index contributed by atoms with van der Waals surface area (Å²) in [6.07, 6.45) is 2.08. The normalized spacial score (nSPS) is 17.4. The molecule has 22 heavy (non-hydrogen) atoms. The van der Waals surface area contributed by atoms with Gasteiger partial charge < -0.3 is 15.5 Å². The Morgan fingerprint density at radius 3 is 2.59 bits per heavy atom. The van der Waals surface area contributed by atoms with E-state index in [1.807, 2.05) is 0 Å². The molecule has 120 valence electrons. The summed E-state index contributed by atoms with van der Waals surface area (Å²) in [5, 5.41) is 8.07. The van der Waals surface area contributed by atoms with E-state index in [0.717, 1.165) is 25.1 Å². The van der Waals surface area contributed by atoms with Crippen molar-refractivity contribution in [1.82, 2.24) is 10.6 Å². The number of urea groups is 1. The standard InChI is InChI=1S/C17H25N3OS/c1-5-6-10-18-16(21)19-17-20(14(4)11-22-17)15-12(2)8-7-9-13(15)3/h7-9,11,17H,5-6,10H2,1-4H3,(H2,18,19,21). The van der Waals surface area contributed by atoms with Gasteiger partial charge in [-0.25, -0.2) is 4.79 Å². The van der Waals surface area contributed by atoms with E-state index in [1.54, 1.807) is 11.8 Å². The van der Waals surface area contributed by atoms with Crippen LogP contribution < -0.4 is 15.5 Å². The Bertz CT molecular complexity index is 551. The largest absolute Gasteiger partial charge is 0.338 e. The molecule has 2 amide bonds. The van der Waals surface area contributed by atoms with Crippen molar-refractivity contribution in [3.8, 4) is 0 Å². The molecule has 0 spiro atoms. The number of unbranched alkanes of at least 4 members (excludes halogenated alkanes) is 1. The van der Waals surface area contributed by atoms with Gasteiger partial charge in [-0.1, -0.05) is 43.3 Å². The van der Waals surface area contributed by atoms with Crippen molar-refractivity contribution in [1.29, 1.82) is 0 Å². The number of hydrogen-bond donors (Lipinski definition) is 2. The van der Waals surface area contributed by atoms with Gasteiger partial charge in [0.2, 0.25) is 0 Å². The second-order valence-electron chi connectivity index (χ2n) is 5.61. The predicted octanol–water partition coefficient (Wildman–Crippen LogP) is 4.10. The number of allylic oxidation sites excluding steroid dienone is 1. The number of benzene rings is 1. The fourth-order valence-corrected chi connectivity index (χ4v) is 3.59. The van der Waals surface area contributed by atoms with Gasteiger partial charge in [0.05, 0.1) is 0 Å². The Morgan fingerprint density at radius 2 is 1.95 bits per heavy atom. The summed E-state index contributed by atoms with van der Waals surface area (Å²) < 4.78 is 0. The summed E-state index contributed by atoms with van der Waals surface area (Å²) in [7, 11) is 0. The van der Waals surface area contributed by atoms with E-state index in [9.17, 15) is 4.79 Å². The SMILES string of the molecule is CCCCNC(=O)NC1SC=C(C)N1c1c(C)cccc1C. The molecule has 0 aliphatic carbocycles. The average Bonchev–Trinajstić information content (AvgIpc) is 2.81. The van der Waals surface area contributed by atoms with Crippen LogP contribution in [0.4, 0.5) is 10.5 Å². The minimum atomic E-state index is -0.106. The molecule has 2 N–H and O–H groups in total. The summed E-state index contributed by atoms with van der Waals surface area (Å²) >= 11 is 1.63. The van der Waals surface area contributed by atoms with Gasteiger partial charge in [0, 0.05) is 17.9 Å². The van der Waals surface area contributed by atoms with Crippen molar-refractivity contribution in [3.63, 3.8) is 0 Å². The highest BCUT2D eigenvalue weighted by molar-refractivity contribution is 8.03. The Balaban J connectivity index is 2.11. The molecular formula is C17H25N3OS. The molecular weight excluding hydrogens is 294 g/mol.